The number of rotatable bonds is 3. The summed E-state index contributed by atoms with van der Waals surface area (Å²) in [6.45, 7) is 7.77. The molecular weight excluding hydrogens is 218 g/mol. The van der Waals surface area contributed by atoms with Gasteiger partial charge in [-0.1, -0.05) is 13.8 Å². The van der Waals surface area contributed by atoms with Crippen LogP contribution in [-0.4, -0.2) is 47.8 Å². The molecule has 2 aliphatic heterocycles. The Morgan fingerprint density at radius 3 is 2.53 bits per heavy atom. The SMILES string of the molecule is CC1(C)CCN(C[C@H]2CC[C@@H](C(=O)O)O2)CC1. The van der Waals surface area contributed by atoms with E-state index in [4.69, 9.17) is 9.84 Å². The van der Waals surface area contributed by atoms with Crippen molar-refractivity contribution < 1.29 is 14.6 Å². The lowest BCUT2D eigenvalue weighted by molar-refractivity contribution is -0.149. The number of likely N-dealkylation sites (tertiary alicyclic amines) is 1. The molecule has 0 unspecified atom stereocenters. The summed E-state index contributed by atoms with van der Waals surface area (Å²) in [5, 5.41) is 8.87. The fraction of sp³-hybridized carbons (Fsp3) is 0.923. The van der Waals surface area contributed by atoms with Gasteiger partial charge in [-0.2, -0.15) is 0 Å². The smallest absolute Gasteiger partial charge is 0.332 e. The number of piperidine rings is 1. The lowest BCUT2D eigenvalue weighted by atomic mass is 9.82. The summed E-state index contributed by atoms with van der Waals surface area (Å²) >= 11 is 0. The van der Waals surface area contributed by atoms with E-state index in [2.05, 4.69) is 18.7 Å². The van der Waals surface area contributed by atoms with Crippen molar-refractivity contribution in [2.75, 3.05) is 19.6 Å². The van der Waals surface area contributed by atoms with E-state index in [1.807, 2.05) is 0 Å². The third-order valence-corrected chi connectivity index (χ3v) is 4.05. The summed E-state index contributed by atoms with van der Waals surface area (Å²) < 4.78 is 5.54. The average Bonchev–Trinajstić information content (AvgIpc) is 2.70. The molecule has 0 aromatic carbocycles. The van der Waals surface area contributed by atoms with E-state index in [9.17, 15) is 4.79 Å². The molecule has 0 bridgehead atoms. The number of carboxylic acid groups (broad SMARTS) is 1. The number of carbonyl (C=O) groups is 1. The second-order valence-electron chi connectivity index (χ2n) is 6.13. The molecule has 2 aliphatic rings. The van der Waals surface area contributed by atoms with Gasteiger partial charge in [0, 0.05) is 6.54 Å². The van der Waals surface area contributed by atoms with Crippen molar-refractivity contribution in [3.8, 4) is 0 Å². The Morgan fingerprint density at radius 2 is 2.00 bits per heavy atom. The van der Waals surface area contributed by atoms with Crippen molar-refractivity contribution in [1.82, 2.24) is 4.90 Å². The highest BCUT2D eigenvalue weighted by atomic mass is 16.5. The van der Waals surface area contributed by atoms with Gasteiger partial charge < -0.3 is 14.7 Å². The van der Waals surface area contributed by atoms with Gasteiger partial charge in [-0.3, -0.25) is 0 Å². The Labute approximate surface area is 103 Å². The summed E-state index contributed by atoms with van der Waals surface area (Å²) in [5.74, 6) is -0.813. The molecule has 2 saturated heterocycles. The van der Waals surface area contributed by atoms with Gasteiger partial charge in [0.05, 0.1) is 6.10 Å². The molecule has 0 aromatic rings. The third-order valence-electron chi connectivity index (χ3n) is 4.05. The molecule has 0 saturated carbocycles. The Morgan fingerprint density at radius 1 is 1.35 bits per heavy atom. The van der Waals surface area contributed by atoms with Crippen molar-refractivity contribution in [2.24, 2.45) is 5.41 Å². The quantitative estimate of drug-likeness (QED) is 0.817. The molecule has 4 heteroatoms. The van der Waals surface area contributed by atoms with Crippen LogP contribution in [0.1, 0.15) is 39.5 Å². The molecule has 2 atom stereocenters. The molecule has 0 amide bonds. The van der Waals surface area contributed by atoms with Gasteiger partial charge in [-0.15, -0.1) is 0 Å². The van der Waals surface area contributed by atoms with Crippen LogP contribution in [0.5, 0.6) is 0 Å². The van der Waals surface area contributed by atoms with Crippen molar-refractivity contribution in [3.63, 3.8) is 0 Å². The Kier molecular flexibility index (Phi) is 3.73. The highest BCUT2D eigenvalue weighted by Crippen LogP contribution is 2.30. The van der Waals surface area contributed by atoms with Crippen LogP contribution >= 0.6 is 0 Å². The van der Waals surface area contributed by atoms with Crippen LogP contribution in [0.2, 0.25) is 0 Å². The lowest BCUT2D eigenvalue weighted by Crippen LogP contribution is -2.41. The summed E-state index contributed by atoms with van der Waals surface area (Å²) in [4.78, 5) is 13.2. The van der Waals surface area contributed by atoms with Gasteiger partial charge in [-0.05, 0) is 44.2 Å². The van der Waals surface area contributed by atoms with Crippen molar-refractivity contribution >= 4 is 5.97 Å². The summed E-state index contributed by atoms with van der Waals surface area (Å²) in [6.07, 6.45) is 3.55. The second-order valence-corrected chi connectivity index (χ2v) is 6.13. The van der Waals surface area contributed by atoms with Crippen LogP contribution in [0, 0.1) is 5.41 Å². The van der Waals surface area contributed by atoms with Crippen molar-refractivity contribution in [1.29, 1.82) is 0 Å². The highest BCUT2D eigenvalue weighted by Gasteiger charge is 2.33. The van der Waals surface area contributed by atoms with Crippen LogP contribution in [0.15, 0.2) is 0 Å². The van der Waals surface area contributed by atoms with E-state index in [0.717, 1.165) is 26.1 Å². The minimum atomic E-state index is -0.813. The van der Waals surface area contributed by atoms with Crippen LogP contribution in [0.25, 0.3) is 0 Å². The number of nitrogens with zero attached hydrogens (tertiary/aromatic N) is 1. The first-order chi connectivity index (χ1) is 7.96. The maximum absolute atomic E-state index is 10.8. The minimum Gasteiger partial charge on any atom is -0.479 e. The fourth-order valence-electron chi connectivity index (χ4n) is 2.65. The van der Waals surface area contributed by atoms with Gasteiger partial charge in [-0.25, -0.2) is 4.79 Å². The summed E-state index contributed by atoms with van der Waals surface area (Å²) in [6, 6.07) is 0. The monoisotopic (exact) mass is 241 g/mol. The second kappa shape index (κ2) is 4.94. The lowest BCUT2D eigenvalue weighted by Gasteiger charge is -2.37. The normalized spacial score (nSPS) is 33.8. The number of hydrogen-bond acceptors (Lipinski definition) is 3. The number of hydrogen-bond donors (Lipinski definition) is 1. The van der Waals surface area contributed by atoms with Crippen LogP contribution in [0.3, 0.4) is 0 Å². The van der Waals surface area contributed by atoms with Gasteiger partial charge >= 0.3 is 5.97 Å². The van der Waals surface area contributed by atoms with E-state index >= 15 is 0 Å². The zero-order valence-corrected chi connectivity index (χ0v) is 10.8. The molecule has 98 valence electrons. The first-order valence-electron chi connectivity index (χ1n) is 6.57. The Balaban J connectivity index is 1.74. The molecule has 2 rings (SSSR count). The van der Waals surface area contributed by atoms with Gasteiger partial charge in [0.15, 0.2) is 6.10 Å². The van der Waals surface area contributed by atoms with Gasteiger partial charge in [0.2, 0.25) is 0 Å². The topological polar surface area (TPSA) is 49.8 Å². The Bertz CT molecular complexity index is 280. The maximum atomic E-state index is 10.8. The maximum Gasteiger partial charge on any atom is 0.332 e. The van der Waals surface area contributed by atoms with E-state index in [1.54, 1.807) is 0 Å². The molecule has 2 fully saturated rings. The standard InChI is InChI=1S/C13H23NO3/c1-13(2)5-7-14(8-6-13)9-10-3-4-11(17-10)12(15)16/h10-11H,3-9H2,1-2H3,(H,15,16)/t10-,11+/m1/s1. The molecule has 0 spiro atoms. The largest absolute Gasteiger partial charge is 0.479 e. The molecule has 0 radical (unpaired) electrons. The van der Waals surface area contributed by atoms with Crippen molar-refractivity contribution in [2.45, 2.75) is 51.7 Å². The summed E-state index contributed by atoms with van der Waals surface area (Å²) in [7, 11) is 0. The fourth-order valence-corrected chi connectivity index (χ4v) is 2.65. The molecule has 17 heavy (non-hydrogen) atoms. The number of ether oxygens (including phenoxy) is 1. The van der Waals surface area contributed by atoms with E-state index in [0.29, 0.717) is 11.8 Å². The van der Waals surface area contributed by atoms with E-state index in [-0.39, 0.29) is 6.10 Å². The van der Waals surface area contributed by atoms with Gasteiger partial charge in [0.1, 0.15) is 0 Å². The molecule has 4 nitrogen and oxygen atoms in total. The van der Waals surface area contributed by atoms with E-state index < -0.39 is 12.1 Å². The minimum absolute atomic E-state index is 0.123. The Hall–Kier alpha value is -0.610. The van der Waals surface area contributed by atoms with E-state index in [1.165, 1.54) is 12.8 Å². The zero-order valence-electron chi connectivity index (χ0n) is 10.8. The van der Waals surface area contributed by atoms with Crippen LogP contribution in [0.4, 0.5) is 0 Å². The predicted octanol–water partition coefficient (Wildman–Crippen LogP) is 1.74. The number of carboxylic acids is 1. The zero-order chi connectivity index (χ0) is 12.5. The van der Waals surface area contributed by atoms with Crippen LogP contribution in [-0.2, 0) is 9.53 Å². The average molecular weight is 241 g/mol. The summed E-state index contributed by atoms with van der Waals surface area (Å²) in [5.41, 5.74) is 0.469. The highest BCUT2D eigenvalue weighted by molar-refractivity contribution is 5.72. The predicted molar refractivity (Wildman–Crippen MR) is 65.0 cm³/mol. The molecule has 1 N–H and O–H groups in total. The molecule has 0 aliphatic carbocycles. The molecular formula is C13H23NO3. The van der Waals surface area contributed by atoms with Crippen LogP contribution < -0.4 is 0 Å². The first-order valence-corrected chi connectivity index (χ1v) is 6.57. The molecule has 0 aromatic heterocycles. The van der Waals surface area contributed by atoms with Gasteiger partial charge in [0.25, 0.3) is 0 Å². The molecule has 2 heterocycles. The first kappa shape index (κ1) is 12.8. The van der Waals surface area contributed by atoms with Crippen molar-refractivity contribution in [3.05, 3.63) is 0 Å². The number of aliphatic carboxylic acids is 1. The third kappa shape index (κ3) is 3.42.